The van der Waals surface area contributed by atoms with Crippen molar-refractivity contribution in [3.63, 3.8) is 0 Å². The maximum atomic E-state index is 12.7. The molecule has 1 heterocycles. The molecule has 1 aromatic rings. The molecular weight excluding hydrogens is 354 g/mol. The van der Waals surface area contributed by atoms with Crippen molar-refractivity contribution in [1.82, 2.24) is 15.1 Å². The Hall–Kier alpha value is -2.60. The van der Waals surface area contributed by atoms with E-state index in [0.717, 1.165) is 16.9 Å². The number of benzene rings is 1. The average molecular weight is 386 g/mol. The molecule has 0 radical (unpaired) electrons. The summed E-state index contributed by atoms with van der Waals surface area (Å²) in [5, 5.41) is 2.88. The van der Waals surface area contributed by atoms with Crippen LogP contribution in [0, 0.1) is 0 Å². The lowest BCUT2D eigenvalue weighted by atomic mass is 10.1. The molecule has 0 aliphatic carbocycles. The van der Waals surface area contributed by atoms with Gasteiger partial charge < -0.3 is 15.0 Å². The first-order valence-electron chi connectivity index (χ1n) is 9.69. The maximum Gasteiger partial charge on any atom is 0.237 e. The molecule has 1 aliphatic rings. The lowest BCUT2D eigenvalue weighted by Crippen LogP contribution is -2.56. The third-order valence-corrected chi connectivity index (χ3v) is 4.78. The van der Waals surface area contributed by atoms with Crippen LogP contribution in [0.4, 0.5) is 0 Å². The lowest BCUT2D eigenvalue weighted by Gasteiger charge is -2.35. The summed E-state index contributed by atoms with van der Waals surface area (Å²) < 4.78 is 5.36. The minimum Gasteiger partial charge on any atom is -0.496 e. The molecule has 0 bridgehead atoms. The molecule has 2 amide bonds. The van der Waals surface area contributed by atoms with Crippen LogP contribution in [-0.4, -0.2) is 67.5 Å². The molecule has 28 heavy (non-hydrogen) atoms. The Labute approximate surface area is 167 Å². The van der Waals surface area contributed by atoms with Crippen LogP contribution in [0.15, 0.2) is 42.5 Å². The van der Waals surface area contributed by atoms with Gasteiger partial charge in [0.05, 0.1) is 19.6 Å². The lowest BCUT2D eigenvalue weighted by molar-refractivity contribution is -0.138. The van der Waals surface area contributed by atoms with E-state index < -0.39 is 6.04 Å². The number of rotatable bonds is 9. The van der Waals surface area contributed by atoms with Crippen molar-refractivity contribution in [3.8, 4) is 5.75 Å². The van der Waals surface area contributed by atoms with Crippen molar-refractivity contribution in [3.05, 3.63) is 48.1 Å². The molecule has 1 atom stereocenters. The summed E-state index contributed by atoms with van der Waals surface area (Å²) in [4.78, 5) is 28.9. The van der Waals surface area contributed by atoms with Gasteiger partial charge in [-0.25, -0.2) is 0 Å². The number of para-hydroxylation sites is 1. The monoisotopic (exact) mass is 385 g/mol. The van der Waals surface area contributed by atoms with Crippen molar-refractivity contribution < 1.29 is 14.3 Å². The number of amides is 2. The average Bonchev–Trinajstić information content (AvgIpc) is 2.68. The molecule has 1 N–H and O–H groups in total. The van der Waals surface area contributed by atoms with Crippen molar-refractivity contribution >= 4 is 17.9 Å². The fraction of sp³-hybridized carbons (Fsp3) is 0.455. The molecule has 152 valence electrons. The zero-order valence-corrected chi connectivity index (χ0v) is 17.1. The minimum absolute atomic E-state index is 0.0220. The molecule has 0 spiro atoms. The minimum atomic E-state index is -0.456. The molecule has 1 fully saturated rings. The van der Waals surface area contributed by atoms with Crippen molar-refractivity contribution in [2.45, 2.75) is 26.3 Å². The van der Waals surface area contributed by atoms with Crippen LogP contribution in [0.1, 0.15) is 25.8 Å². The zero-order valence-electron chi connectivity index (χ0n) is 17.1. The Bertz CT molecular complexity index is 729. The number of hydrogen-bond acceptors (Lipinski definition) is 4. The molecular formula is C22H31N3O3. The quantitative estimate of drug-likeness (QED) is 0.663. The van der Waals surface area contributed by atoms with Gasteiger partial charge in [-0.3, -0.25) is 14.5 Å². The number of methoxy groups -OCH3 is 1. The number of carbonyl (C=O) groups excluding carboxylic acids is 2. The Morgan fingerprint density at radius 1 is 1.43 bits per heavy atom. The van der Waals surface area contributed by atoms with Crippen molar-refractivity contribution in [1.29, 1.82) is 0 Å². The van der Waals surface area contributed by atoms with E-state index >= 15 is 0 Å². The molecule has 1 saturated heterocycles. The van der Waals surface area contributed by atoms with Gasteiger partial charge in [-0.2, -0.15) is 0 Å². The topological polar surface area (TPSA) is 61.9 Å². The number of hydrogen-bond donors (Lipinski definition) is 1. The fourth-order valence-electron chi connectivity index (χ4n) is 3.32. The molecule has 0 aromatic heterocycles. The molecule has 1 unspecified atom stereocenters. The number of nitrogens with one attached hydrogen (secondary N) is 1. The molecule has 1 aromatic carbocycles. The van der Waals surface area contributed by atoms with Gasteiger partial charge in [-0.1, -0.05) is 42.5 Å². The Morgan fingerprint density at radius 2 is 2.18 bits per heavy atom. The van der Waals surface area contributed by atoms with E-state index in [1.54, 1.807) is 12.0 Å². The first-order valence-corrected chi connectivity index (χ1v) is 9.69. The summed E-state index contributed by atoms with van der Waals surface area (Å²) in [6, 6.07) is 7.32. The van der Waals surface area contributed by atoms with Crippen LogP contribution in [0.3, 0.4) is 0 Å². The van der Waals surface area contributed by atoms with Gasteiger partial charge in [0.15, 0.2) is 0 Å². The van der Waals surface area contributed by atoms with Gasteiger partial charge in [0.25, 0.3) is 0 Å². The van der Waals surface area contributed by atoms with E-state index in [0.29, 0.717) is 32.7 Å². The second-order valence-electron chi connectivity index (χ2n) is 7.02. The first-order chi connectivity index (χ1) is 13.5. The summed E-state index contributed by atoms with van der Waals surface area (Å²) in [7, 11) is 1.65. The van der Waals surface area contributed by atoms with Crippen LogP contribution < -0.4 is 10.1 Å². The number of likely N-dealkylation sites (N-methyl/N-ethyl adjacent to an activating group) is 1. The SMILES string of the molecule is C=C(C)CN(CC)C(=O)CC1C(=O)NCCN1CC=Cc1ccccc1OC. The van der Waals surface area contributed by atoms with Crippen LogP contribution in [0.2, 0.25) is 0 Å². The van der Waals surface area contributed by atoms with E-state index in [4.69, 9.17) is 4.74 Å². The third-order valence-electron chi connectivity index (χ3n) is 4.78. The Balaban J connectivity index is 2.05. The normalized spacial score (nSPS) is 17.4. The molecule has 6 nitrogen and oxygen atoms in total. The van der Waals surface area contributed by atoms with Crippen LogP contribution in [0.25, 0.3) is 6.08 Å². The van der Waals surface area contributed by atoms with E-state index in [9.17, 15) is 9.59 Å². The van der Waals surface area contributed by atoms with Crippen molar-refractivity contribution in [2.24, 2.45) is 0 Å². The van der Waals surface area contributed by atoms with E-state index in [1.165, 1.54) is 0 Å². The zero-order chi connectivity index (χ0) is 20.5. The fourth-order valence-corrected chi connectivity index (χ4v) is 3.32. The van der Waals surface area contributed by atoms with Crippen LogP contribution >= 0.6 is 0 Å². The number of carbonyl (C=O) groups is 2. The van der Waals surface area contributed by atoms with Gasteiger partial charge in [0.2, 0.25) is 11.8 Å². The van der Waals surface area contributed by atoms with E-state index in [-0.39, 0.29) is 18.2 Å². The largest absolute Gasteiger partial charge is 0.496 e. The van der Waals surface area contributed by atoms with Gasteiger partial charge in [0.1, 0.15) is 5.75 Å². The number of nitrogens with zero attached hydrogens (tertiary/aromatic N) is 2. The molecule has 0 saturated carbocycles. The summed E-state index contributed by atoms with van der Waals surface area (Å²) in [6.45, 7) is 10.8. The number of piperazine rings is 1. The molecule has 2 rings (SSSR count). The van der Waals surface area contributed by atoms with E-state index in [2.05, 4.69) is 16.8 Å². The Kier molecular flexibility index (Phi) is 8.26. The summed E-state index contributed by atoms with van der Waals surface area (Å²) in [6.07, 6.45) is 4.18. The second-order valence-corrected chi connectivity index (χ2v) is 7.02. The molecule has 1 aliphatic heterocycles. The van der Waals surface area contributed by atoms with Gasteiger partial charge in [0, 0.05) is 38.3 Å². The highest BCUT2D eigenvalue weighted by Gasteiger charge is 2.32. The van der Waals surface area contributed by atoms with Crippen LogP contribution in [0.5, 0.6) is 5.75 Å². The highest BCUT2D eigenvalue weighted by Crippen LogP contribution is 2.19. The van der Waals surface area contributed by atoms with Gasteiger partial charge in [-0.05, 0) is 19.9 Å². The first kappa shape index (κ1) is 21.7. The highest BCUT2D eigenvalue weighted by atomic mass is 16.5. The smallest absolute Gasteiger partial charge is 0.237 e. The second kappa shape index (κ2) is 10.7. The summed E-state index contributed by atoms with van der Waals surface area (Å²) in [5.41, 5.74) is 1.91. The summed E-state index contributed by atoms with van der Waals surface area (Å²) >= 11 is 0. The molecule has 6 heteroatoms. The predicted molar refractivity (Wildman–Crippen MR) is 112 cm³/mol. The van der Waals surface area contributed by atoms with Crippen molar-refractivity contribution in [2.75, 3.05) is 39.8 Å². The third kappa shape index (κ3) is 5.96. The van der Waals surface area contributed by atoms with Gasteiger partial charge in [-0.15, -0.1) is 0 Å². The highest BCUT2D eigenvalue weighted by molar-refractivity contribution is 5.89. The predicted octanol–water partition coefficient (Wildman–Crippen LogP) is 2.32. The maximum absolute atomic E-state index is 12.7. The standard InChI is InChI=1S/C22H31N3O3/c1-5-24(16-17(2)3)21(26)15-19-22(27)23-12-14-25(19)13-8-10-18-9-6-7-11-20(18)28-4/h6-11,19H,2,5,12-16H2,1,3-4H3,(H,23,27). The van der Waals surface area contributed by atoms with Gasteiger partial charge >= 0.3 is 0 Å². The Morgan fingerprint density at radius 3 is 2.86 bits per heavy atom. The summed E-state index contributed by atoms with van der Waals surface area (Å²) in [5.74, 6) is 0.697. The van der Waals surface area contributed by atoms with E-state index in [1.807, 2.05) is 50.3 Å². The number of ether oxygens (including phenoxy) is 1. The van der Waals surface area contributed by atoms with Crippen LogP contribution in [-0.2, 0) is 9.59 Å².